The summed E-state index contributed by atoms with van der Waals surface area (Å²) in [6.45, 7) is 5.30. The summed E-state index contributed by atoms with van der Waals surface area (Å²) in [6.07, 6.45) is 1.15. The summed E-state index contributed by atoms with van der Waals surface area (Å²) in [7, 11) is 0. The summed E-state index contributed by atoms with van der Waals surface area (Å²) < 4.78 is 11.1. The standard InChI is InChI=1S/C36H39N7O7/c1-20-17-26(29-21(2)43-50-34(29)38-20)31(45)41-27-19-24-9-11-25(12-10-24)49-16-15-37-35(48)36(13-14-36)42-33(47)28(18-23-7-5-4-6-8-23)40-30(44)22(3)39-32(27)46/h4-12,17,22,27-28H,13-16,18-19H2,1-3H3,(H,37,48)(H,39,46)(H,40,44)(H,41,45)(H,42,47)/t22-,27-,28+/m0/s1. The third kappa shape index (κ3) is 7.74. The van der Waals surface area contributed by atoms with Gasteiger partial charge in [-0.2, -0.15) is 0 Å². The van der Waals surface area contributed by atoms with E-state index in [2.05, 4.69) is 36.7 Å². The summed E-state index contributed by atoms with van der Waals surface area (Å²) in [5, 5.41) is 18.4. The molecular weight excluding hydrogens is 642 g/mol. The van der Waals surface area contributed by atoms with Crippen LogP contribution in [0.2, 0.25) is 0 Å². The van der Waals surface area contributed by atoms with E-state index >= 15 is 0 Å². The molecule has 14 heteroatoms. The Balaban J connectivity index is 1.27. The van der Waals surface area contributed by atoms with E-state index in [1.54, 1.807) is 44.2 Å². The van der Waals surface area contributed by atoms with Crippen molar-refractivity contribution in [2.45, 2.75) is 70.1 Å². The van der Waals surface area contributed by atoms with Crippen LogP contribution in [0.3, 0.4) is 0 Å². The first-order valence-corrected chi connectivity index (χ1v) is 16.5. The fourth-order valence-corrected chi connectivity index (χ4v) is 5.89. The molecule has 3 aliphatic rings. The van der Waals surface area contributed by atoms with Gasteiger partial charge in [-0.15, -0.1) is 0 Å². The third-order valence-corrected chi connectivity index (χ3v) is 8.85. The molecule has 50 heavy (non-hydrogen) atoms. The van der Waals surface area contributed by atoms with Crippen molar-refractivity contribution in [3.63, 3.8) is 0 Å². The van der Waals surface area contributed by atoms with Gasteiger partial charge < -0.3 is 35.8 Å². The minimum Gasteiger partial charge on any atom is -0.492 e. The van der Waals surface area contributed by atoms with Gasteiger partial charge in [0.2, 0.25) is 23.6 Å². The summed E-state index contributed by atoms with van der Waals surface area (Å²) in [5.41, 5.74) is 1.88. The number of hydrogen-bond acceptors (Lipinski definition) is 9. The van der Waals surface area contributed by atoms with Crippen molar-refractivity contribution in [2.24, 2.45) is 0 Å². The molecule has 2 aromatic heterocycles. The van der Waals surface area contributed by atoms with E-state index in [0.29, 0.717) is 40.9 Å². The lowest BCUT2D eigenvalue weighted by atomic mass is 10.0. The molecule has 1 fully saturated rings. The Morgan fingerprint density at radius 3 is 2.42 bits per heavy atom. The molecule has 4 aromatic rings. The second-order valence-corrected chi connectivity index (χ2v) is 12.8. The number of aryl methyl sites for hydroxylation is 2. The Labute approximate surface area is 288 Å². The number of rotatable bonds is 4. The maximum absolute atomic E-state index is 13.8. The third-order valence-electron chi connectivity index (χ3n) is 8.85. The highest BCUT2D eigenvalue weighted by molar-refractivity contribution is 6.07. The molecular formula is C36H39N7O7. The zero-order valence-corrected chi connectivity index (χ0v) is 28.0. The first-order chi connectivity index (χ1) is 24.0. The van der Waals surface area contributed by atoms with Crippen LogP contribution in [0.5, 0.6) is 5.75 Å². The Bertz CT molecular complexity index is 1920. The molecule has 4 heterocycles. The molecule has 0 saturated heterocycles. The molecule has 1 aliphatic carbocycles. The number of benzene rings is 2. The van der Waals surface area contributed by atoms with E-state index in [-0.39, 0.29) is 43.2 Å². The smallest absolute Gasteiger partial charge is 0.258 e. The number of ether oxygens (including phenoxy) is 1. The molecule has 260 valence electrons. The van der Waals surface area contributed by atoms with E-state index in [9.17, 15) is 24.0 Å². The second kappa shape index (κ2) is 14.4. The molecule has 3 atom stereocenters. The highest BCUT2D eigenvalue weighted by Gasteiger charge is 2.51. The lowest BCUT2D eigenvalue weighted by Crippen LogP contribution is -2.59. The van der Waals surface area contributed by atoms with E-state index in [1.165, 1.54) is 6.92 Å². The van der Waals surface area contributed by atoms with Crippen molar-refractivity contribution in [3.05, 3.63) is 88.7 Å². The van der Waals surface area contributed by atoms with Gasteiger partial charge in [0.1, 0.15) is 36.0 Å². The van der Waals surface area contributed by atoms with E-state index in [0.717, 1.165) is 5.56 Å². The van der Waals surface area contributed by atoms with Gasteiger partial charge in [0, 0.05) is 18.5 Å². The Morgan fingerprint density at radius 2 is 1.70 bits per heavy atom. The van der Waals surface area contributed by atoms with Crippen LogP contribution < -0.4 is 31.3 Å². The number of hydrogen-bond donors (Lipinski definition) is 5. The number of pyridine rings is 1. The zero-order chi connectivity index (χ0) is 35.4. The van der Waals surface area contributed by atoms with Crippen molar-refractivity contribution < 1.29 is 33.2 Å². The highest BCUT2D eigenvalue weighted by Crippen LogP contribution is 2.35. The van der Waals surface area contributed by atoms with Gasteiger partial charge in [0.25, 0.3) is 11.6 Å². The van der Waals surface area contributed by atoms with Gasteiger partial charge in [0.15, 0.2) is 0 Å². The van der Waals surface area contributed by atoms with Crippen molar-refractivity contribution >= 4 is 40.6 Å². The molecule has 5 N–H and O–H groups in total. The lowest BCUT2D eigenvalue weighted by Gasteiger charge is -2.25. The topological polar surface area (TPSA) is 194 Å². The summed E-state index contributed by atoms with van der Waals surface area (Å²) in [5.74, 6) is -2.07. The minimum absolute atomic E-state index is 0.0825. The zero-order valence-electron chi connectivity index (χ0n) is 28.0. The Morgan fingerprint density at radius 1 is 0.960 bits per heavy atom. The van der Waals surface area contributed by atoms with Gasteiger partial charge in [0.05, 0.1) is 23.2 Å². The van der Waals surface area contributed by atoms with Crippen LogP contribution in [0.15, 0.2) is 65.2 Å². The number of carbonyl (C=O) groups is 5. The van der Waals surface area contributed by atoms with Crippen LogP contribution in [-0.4, -0.2) is 76.5 Å². The molecule has 2 aliphatic heterocycles. The van der Waals surface area contributed by atoms with Crippen LogP contribution in [-0.2, 0) is 32.0 Å². The molecule has 0 unspecified atom stereocenters. The van der Waals surface area contributed by atoms with Gasteiger partial charge in [-0.1, -0.05) is 47.6 Å². The van der Waals surface area contributed by atoms with Crippen molar-refractivity contribution in [2.75, 3.05) is 13.2 Å². The van der Waals surface area contributed by atoms with Crippen LogP contribution in [0, 0.1) is 13.8 Å². The predicted octanol–water partition coefficient (Wildman–Crippen LogP) is 1.57. The number of nitrogens with one attached hydrogen (secondary N) is 5. The highest BCUT2D eigenvalue weighted by atomic mass is 16.5. The monoisotopic (exact) mass is 681 g/mol. The molecule has 2 bridgehead atoms. The van der Waals surface area contributed by atoms with Crippen LogP contribution >= 0.6 is 0 Å². The lowest BCUT2D eigenvalue weighted by molar-refractivity contribution is -0.134. The number of amides is 5. The van der Waals surface area contributed by atoms with Crippen molar-refractivity contribution in [1.29, 1.82) is 0 Å². The summed E-state index contributed by atoms with van der Waals surface area (Å²) >= 11 is 0. The minimum atomic E-state index is -1.10. The van der Waals surface area contributed by atoms with E-state index in [4.69, 9.17) is 9.26 Å². The normalized spacial score (nSPS) is 21.4. The maximum Gasteiger partial charge on any atom is 0.258 e. The van der Waals surface area contributed by atoms with Crippen molar-refractivity contribution in [1.82, 2.24) is 36.7 Å². The maximum atomic E-state index is 13.8. The quantitative estimate of drug-likeness (QED) is 0.199. The van der Waals surface area contributed by atoms with Gasteiger partial charge >= 0.3 is 0 Å². The van der Waals surface area contributed by atoms with Crippen LogP contribution in [0.4, 0.5) is 0 Å². The Hall–Kier alpha value is -5.79. The molecule has 1 spiro atoms. The Kier molecular flexibility index (Phi) is 9.79. The second-order valence-electron chi connectivity index (χ2n) is 12.8. The number of aromatic nitrogens is 2. The largest absolute Gasteiger partial charge is 0.492 e. The first-order valence-electron chi connectivity index (χ1n) is 16.5. The number of carbonyl (C=O) groups excluding carboxylic acids is 5. The fourth-order valence-electron chi connectivity index (χ4n) is 5.89. The van der Waals surface area contributed by atoms with Gasteiger partial charge in [-0.25, -0.2) is 4.98 Å². The van der Waals surface area contributed by atoms with E-state index < -0.39 is 47.3 Å². The van der Waals surface area contributed by atoms with Crippen LogP contribution in [0.1, 0.15) is 52.6 Å². The predicted molar refractivity (Wildman–Crippen MR) is 181 cm³/mol. The van der Waals surface area contributed by atoms with Crippen LogP contribution in [0.25, 0.3) is 11.1 Å². The number of nitrogens with zero attached hydrogens (tertiary/aromatic N) is 2. The number of fused-ring (bicyclic) bond motifs is 16. The molecule has 14 nitrogen and oxygen atoms in total. The average molecular weight is 682 g/mol. The SMILES string of the molecule is Cc1cc(C(=O)N[C@H]2Cc3ccc(cc3)OCCNC(=O)C3(CC3)NC(=O)[C@@H](Cc3ccccc3)NC(=O)[C@H](C)NC2=O)c2c(C)noc2n1. The molecule has 0 radical (unpaired) electrons. The molecule has 7 rings (SSSR count). The summed E-state index contributed by atoms with van der Waals surface area (Å²) in [4.78, 5) is 72.1. The fraction of sp³-hybridized carbons (Fsp3) is 0.361. The van der Waals surface area contributed by atoms with Crippen molar-refractivity contribution in [3.8, 4) is 5.75 Å². The molecule has 1 saturated carbocycles. The van der Waals surface area contributed by atoms with E-state index in [1.807, 2.05) is 30.3 Å². The first kappa shape index (κ1) is 34.1. The molecule has 2 aromatic carbocycles. The summed E-state index contributed by atoms with van der Waals surface area (Å²) in [6, 6.07) is 14.5. The average Bonchev–Trinajstić information content (AvgIpc) is 3.79. The molecule has 5 amide bonds. The van der Waals surface area contributed by atoms with Gasteiger partial charge in [-0.3, -0.25) is 24.0 Å². The van der Waals surface area contributed by atoms with Gasteiger partial charge in [-0.05, 0) is 62.9 Å².